The maximum Gasteiger partial charge on any atom is 0.267 e. The first-order chi connectivity index (χ1) is 9.79. The number of fused-ring (bicyclic) bond motifs is 1. The first-order valence-corrected chi connectivity index (χ1v) is 7.19. The molecule has 0 spiro atoms. The number of rotatable bonds is 4. The smallest absolute Gasteiger partial charge is 0.267 e. The normalized spacial score (nSPS) is 21.1. The summed E-state index contributed by atoms with van der Waals surface area (Å²) in [5.74, 6) is 1.40. The molecule has 2 aliphatic rings. The Balaban J connectivity index is 1.70. The number of carbonyl (C=O) groups excluding carboxylic acids is 1. The largest absolute Gasteiger partial charge is 0.485 e. The predicted molar refractivity (Wildman–Crippen MR) is 75.0 cm³/mol. The molecule has 5 heteroatoms. The summed E-state index contributed by atoms with van der Waals surface area (Å²) >= 11 is 0. The third-order valence-electron chi connectivity index (χ3n) is 3.73. The minimum atomic E-state index is -0.531. The molecule has 2 heterocycles. The SMILES string of the molecule is CCCN(C(=O)C1COc2ccccc2O1)C1CNC1. The molecular weight excluding hydrogens is 256 g/mol. The summed E-state index contributed by atoms with van der Waals surface area (Å²) in [6, 6.07) is 7.77. The summed E-state index contributed by atoms with van der Waals surface area (Å²) in [5, 5.41) is 3.21. The van der Waals surface area contributed by atoms with Crippen LogP contribution in [0.25, 0.3) is 0 Å². The number of para-hydroxylation sites is 2. The molecule has 2 aliphatic heterocycles. The highest BCUT2D eigenvalue weighted by Crippen LogP contribution is 2.31. The van der Waals surface area contributed by atoms with Crippen LogP contribution in [-0.4, -0.2) is 49.2 Å². The molecule has 0 radical (unpaired) electrons. The highest BCUT2D eigenvalue weighted by molar-refractivity contribution is 5.82. The number of amides is 1. The Hall–Kier alpha value is -1.75. The average molecular weight is 276 g/mol. The fourth-order valence-electron chi connectivity index (χ4n) is 2.53. The van der Waals surface area contributed by atoms with Gasteiger partial charge in [0, 0.05) is 19.6 Å². The Morgan fingerprint density at radius 2 is 2.10 bits per heavy atom. The number of nitrogens with one attached hydrogen (secondary N) is 1. The van der Waals surface area contributed by atoms with Crippen LogP contribution in [0.4, 0.5) is 0 Å². The Morgan fingerprint density at radius 3 is 2.75 bits per heavy atom. The van der Waals surface area contributed by atoms with E-state index in [2.05, 4.69) is 12.2 Å². The van der Waals surface area contributed by atoms with E-state index in [1.54, 1.807) is 0 Å². The fraction of sp³-hybridized carbons (Fsp3) is 0.533. The van der Waals surface area contributed by atoms with E-state index in [1.807, 2.05) is 29.2 Å². The van der Waals surface area contributed by atoms with Crippen LogP contribution in [0.5, 0.6) is 11.5 Å². The molecule has 1 aromatic carbocycles. The van der Waals surface area contributed by atoms with Crippen molar-refractivity contribution in [1.82, 2.24) is 10.2 Å². The number of carbonyl (C=O) groups is 1. The molecule has 0 aliphatic carbocycles. The Labute approximate surface area is 118 Å². The van der Waals surface area contributed by atoms with E-state index in [-0.39, 0.29) is 12.5 Å². The van der Waals surface area contributed by atoms with E-state index >= 15 is 0 Å². The summed E-state index contributed by atoms with van der Waals surface area (Å²) in [6.45, 7) is 4.88. The summed E-state index contributed by atoms with van der Waals surface area (Å²) in [6.07, 6.45) is 0.420. The van der Waals surface area contributed by atoms with Crippen molar-refractivity contribution in [2.75, 3.05) is 26.2 Å². The quantitative estimate of drug-likeness (QED) is 0.892. The number of hydrogen-bond donors (Lipinski definition) is 1. The van der Waals surface area contributed by atoms with Gasteiger partial charge in [-0.05, 0) is 18.6 Å². The molecule has 1 fully saturated rings. The topological polar surface area (TPSA) is 50.8 Å². The second-order valence-electron chi connectivity index (χ2n) is 5.21. The summed E-state index contributed by atoms with van der Waals surface area (Å²) in [7, 11) is 0. The third-order valence-corrected chi connectivity index (χ3v) is 3.73. The van der Waals surface area contributed by atoms with Crippen LogP contribution in [0.1, 0.15) is 13.3 Å². The number of nitrogens with zero attached hydrogens (tertiary/aromatic N) is 1. The van der Waals surface area contributed by atoms with Crippen molar-refractivity contribution in [3.05, 3.63) is 24.3 Å². The number of ether oxygens (including phenoxy) is 2. The van der Waals surface area contributed by atoms with Crippen LogP contribution in [0, 0.1) is 0 Å². The highest BCUT2D eigenvalue weighted by atomic mass is 16.6. The van der Waals surface area contributed by atoms with E-state index in [9.17, 15) is 4.79 Å². The Kier molecular flexibility index (Phi) is 3.78. The van der Waals surface area contributed by atoms with Crippen LogP contribution in [0.3, 0.4) is 0 Å². The molecular formula is C15H20N2O3. The summed E-state index contributed by atoms with van der Waals surface area (Å²) in [5.41, 5.74) is 0. The van der Waals surface area contributed by atoms with Crippen LogP contribution in [-0.2, 0) is 4.79 Å². The maximum atomic E-state index is 12.6. The first kappa shape index (κ1) is 13.2. The molecule has 20 heavy (non-hydrogen) atoms. The molecule has 5 nitrogen and oxygen atoms in total. The average Bonchev–Trinajstić information content (AvgIpc) is 2.43. The second kappa shape index (κ2) is 5.71. The Bertz CT molecular complexity index is 488. The molecule has 0 saturated carbocycles. The third kappa shape index (κ3) is 2.45. The van der Waals surface area contributed by atoms with Gasteiger partial charge in [-0.25, -0.2) is 0 Å². The lowest BCUT2D eigenvalue weighted by Gasteiger charge is -2.40. The van der Waals surface area contributed by atoms with Crippen LogP contribution in [0.15, 0.2) is 24.3 Å². The van der Waals surface area contributed by atoms with Crippen molar-refractivity contribution in [3.8, 4) is 11.5 Å². The lowest BCUT2D eigenvalue weighted by molar-refractivity contribution is -0.144. The summed E-state index contributed by atoms with van der Waals surface area (Å²) < 4.78 is 11.4. The van der Waals surface area contributed by atoms with Gasteiger partial charge in [0.15, 0.2) is 11.5 Å². The van der Waals surface area contributed by atoms with E-state index in [0.29, 0.717) is 17.5 Å². The van der Waals surface area contributed by atoms with Crippen LogP contribution in [0.2, 0.25) is 0 Å². The first-order valence-electron chi connectivity index (χ1n) is 7.19. The van der Waals surface area contributed by atoms with Gasteiger partial charge in [-0.2, -0.15) is 0 Å². The van der Waals surface area contributed by atoms with Crippen LogP contribution >= 0.6 is 0 Å². The zero-order valence-corrected chi connectivity index (χ0v) is 11.7. The van der Waals surface area contributed by atoms with Crippen molar-refractivity contribution < 1.29 is 14.3 Å². The predicted octanol–water partition coefficient (Wildman–Crippen LogP) is 1.04. The van der Waals surface area contributed by atoms with Crippen molar-refractivity contribution in [2.24, 2.45) is 0 Å². The van der Waals surface area contributed by atoms with Gasteiger partial charge in [0.05, 0.1) is 6.04 Å². The molecule has 1 aromatic rings. The van der Waals surface area contributed by atoms with E-state index < -0.39 is 6.10 Å². The van der Waals surface area contributed by atoms with Gasteiger partial charge >= 0.3 is 0 Å². The van der Waals surface area contributed by atoms with E-state index in [1.165, 1.54) is 0 Å². The lowest BCUT2D eigenvalue weighted by Crippen LogP contribution is -2.61. The van der Waals surface area contributed by atoms with Crippen molar-refractivity contribution in [2.45, 2.75) is 25.5 Å². The zero-order chi connectivity index (χ0) is 13.9. The highest BCUT2D eigenvalue weighted by Gasteiger charge is 2.35. The molecule has 0 bridgehead atoms. The molecule has 1 N–H and O–H groups in total. The minimum Gasteiger partial charge on any atom is -0.485 e. The standard InChI is InChI=1S/C15H20N2O3/c1-2-7-17(11-8-16-9-11)15(18)14-10-19-12-5-3-4-6-13(12)20-14/h3-6,11,14,16H,2,7-10H2,1H3. The number of hydrogen-bond acceptors (Lipinski definition) is 4. The van der Waals surface area contributed by atoms with Crippen molar-refractivity contribution in [3.63, 3.8) is 0 Å². The van der Waals surface area contributed by atoms with Gasteiger partial charge in [-0.3, -0.25) is 4.79 Å². The van der Waals surface area contributed by atoms with Crippen LogP contribution < -0.4 is 14.8 Å². The van der Waals surface area contributed by atoms with Gasteiger partial charge in [-0.15, -0.1) is 0 Å². The van der Waals surface area contributed by atoms with E-state index in [0.717, 1.165) is 26.1 Å². The monoisotopic (exact) mass is 276 g/mol. The fourth-order valence-corrected chi connectivity index (χ4v) is 2.53. The lowest BCUT2D eigenvalue weighted by atomic mass is 10.1. The molecule has 1 unspecified atom stereocenters. The Morgan fingerprint density at radius 1 is 1.35 bits per heavy atom. The van der Waals surface area contributed by atoms with Gasteiger partial charge in [-0.1, -0.05) is 19.1 Å². The molecule has 1 saturated heterocycles. The second-order valence-corrected chi connectivity index (χ2v) is 5.21. The van der Waals surface area contributed by atoms with Gasteiger partial charge in [0.1, 0.15) is 6.61 Å². The molecule has 1 atom stereocenters. The van der Waals surface area contributed by atoms with Crippen molar-refractivity contribution >= 4 is 5.91 Å². The molecule has 0 aromatic heterocycles. The van der Waals surface area contributed by atoms with Gasteiger partial charge < -0.3 is 19.7 Å². The molecule has 1 amide bonds. The number of benzene rings is 1. The van der Waals surface area contributed by atoms with Gasteiger partial charge in [0.25, 0.3) is 5.91 Å². The van der Waals surface area contributed by atoms with Gasteiger partial charge in [0.2, 0.25) is 6.10 Å². The van der Waals surface area contributed by atoms with E-state index in [4.69, 9.17) is 9.47 Å². The summed E-state index contributed by atoms with van der Waals surface area (Å²) in [4.78, 5) is 14.6. The molecule has 3 rings (SSSR count). The maximum absolute atomic E-state index is 12.6. The molecule has 108 valence electrons. The zero-order valence-electron chi connectivity index (χ0n) is 11.7. The van der Waals surface area contributed by atoms with Crippen molar-refractivity contribution in [1.29, 1.82) is 0 Å². The minimum absolute atomic E-state index is 0.0350.